The van der Waals surface area contributed by atoms with Crippen LogP contribution in [0, 0.1) is 0 Å². The number of epoxide rings is 1. The minimum atomic E-state index is -1.96. The van der Waals surface area contributed by atoms with Gasteiger partial charge in [-0.15, -0.1) is 0 Å². The number of hydrogen-bond acceptors (Lipinski definition) is 6. The molecule has 1 fully saturated rings. The van der Waals surface area contributed by atoms with Crippen molar-refractivity contribution in [2.75, 3.05) is 13.7 Å². The van der Waals surface area contributed by atoms with E-state index in [1.54, 1.807) is 32.0 Å². The largest absolute Gasteiger partial charge is 0.466 e. The van der Waals surface area contributed by atoms with E-state index in [1.165, 1.54) is 6.07 Å². The average Bonchev–Trinajstić information content (AvgIpc) is 3.28. The molecule has 0 bridgehead atoms. The van der Waals surface area contributed by atoms with Gasteiger partial charge in [-0.25, -0.2) is 4.79 Å². The summed E-state index contributed by atoms with van der Waals surface area (Å²) in [7, 11) is 1.15. The van der Waals surface area contributed by atoms with Crippen LogP contribution in [0.25, 0.3) is 0 Å². The van der Waals surface area contributed by atoms with Gasteiger partial charge in [-0.1, -0.05) is 29.8 Å². The highest BCUT2D eigenvalue weighted by molar-refractivity contribution is 6.32. The molecular formula is C18H18O6. The molecule has 1 aromatic rings. The lowest BCUT2D eigenvalue weighted by molar-refractivity contribution is -0.145. The molecule has 2 unspecified atom stereocenters. The van der Waals surface area contributed by atoms with Crippen molar-refractivity contribution in [3.8, 4) is 0 Å². The number of carbonyl (C=O) groups excluding carboxylic acids is 3. The predicted octanol–water partition coefficient (Wildman–Crippen LogP) is 1.47. The number of aliphatic hydroxyl groups is 1. The Balaban J connectivity index is 2.19. The molecule has 1 saturated heterocycles. The van der Waals surface area contributed by atoms with Crippen LogP contribution in [-0.2, 0) is 14.3 Å². The summed E-state index contributed by atoms with van der Waals surface area (Å²) < 4.78 is 10.3. The van der Waals surface area contributed by atoms with E-state index in [9.17, 15) is 19.5 Å². The van der Waals surface area contributed by atoms with E-state index < -0.39 is 28.7 Å². The first-order valence-corrected chi connectivity index (χ1v) is 7.59. The number of hydrogen-bond donors (Lipinski definition) is 1. The van der Waals surface area contributed by atoms with Gasteiger partial charge in [0.2, 0.25) is 5.78 Å². The van der Waals surface area contributed by atoms with Crippen LogP contribution < -0.4 is 0 Å². The number of esters is 1. The number of allylic oxidation sites excluding steroid dienone is 1. The van der Waals surface area contributed by atoms with E-state index in [4.69, 9.17) is 9.47 Å². The van der Waals surface area contributed by atoms with Gasteiger partial charge < -0.3 is 14.6 Å². The van der Waals surface area contributed by atoms with Gasteiger partial charge in [-0.05, 0) is 19.4 Å². The van der Waals surface area contributed by atoms with Crippen LogP contribution in [0.4, 0.5) is 0 Å². The highest BCUT2D eigenvalue weighted by Crippen LogP contribution is 2.59. The van der Waals surface area contributed by atoms with Crippen LogP contribution in [0.2, 0.25) is 0 Å². The topological polar surface area (TPSA) is 93.2 Å². The number of aliphatic hydroxyl groups excluding tert-OH is 1. The minimum absolute atomic E-state index is 0.0279. The minimum Gasteiger partial charge on any atom is -0.466 e. The third-order valence-corrected chi connectivity index (χ3v) is 4.79. The zero-order valence-electron chi connectivity index (χ0n) is 13.7. The Labute approximate surface area is 139 Å². The zero-order chi connectivity index (χ0) is 17.7. The summed E-state index contributed by atoms with van der Waals surface area (Å²) in [6, 6.07) is 6.32. The maximum Gasteiger partial charge on any atom is 0.350 e. The average molecular weight is 330 g/mol. The number of ketones is 2. The first-order chi connectivity index (χ1) is 11.4. The summed E-state index contributed by atoms with van der Waals surface area (Å²) in [4.78, 5) is 38.3. The molecule has 1 aliphatic carbocycles. The first kappa shape index (κ1) is 16.5. The first-order valence-electron chi connectivity index (χ1n) is 7.59. The number of Topliss-reactive ketones (excluding diaryl/α,β-unsaturated/α-hetero) is 2. The van der Waals surface area contributed by atoms with Crippen molar-refractivity contribution < 1.29 is 29.0 Å². The standard InChI is InChI=1S/C18H18O6/c1-10(2)11(9-19)8-17-14(20)12-6-4-5-7-13(12)15(21)18(17,24-17)16(22)23-3/h4-7,19H,8-9H2,1-3H3. The third-order valence-electron chi connectivity index (χ3n) is 4.79. The fourth-order valence-electron chi connectivity index (χ4n) is 3.33. The molecule has 1 aliphatic heterocycles. The maximum absolute atomic E-state index is 13.0. The highest BCUT2D eigenvalue weighted by atomic mass is 16.7. The van der Waals surface area contributed by atoms with Gasteiger partial charge in [0.25, 0.3) is 5.60 Å². The van der Waals surface area contributed by atoms with Gasteiger partial charge in [0.15, 0.2) is 11.4 Å². The van der Waals surface area contributed by atoms with Gasteiger partial charge in [-0.2, -0.15) is 0 Å². The summed E-state index contributed by atoms with van der Waals surface area (Å²) in [6.45, 7) is 3.29. The molecule has 24 heavy (non-hydrogen) atoms. The Morgan fingerprint density at radius 2 is 1.75 bits per heavy atom. The van der Waals surface area contributed by atoms with Crippen molar-refractivity contribution in [2.24, 2.45) is 0 Å². The molecule has 1 heterocycles. The molecule has 0 aromatic heterocycles. The van der Waals surface area contributed by atoms with Crippen molar-refractivity contribution in [3.05, 3.63) is 46.5 Å². The molecule has 0 radical (unpaired) electrons. The van der Waals surface area contributed by atoms with Crippen molar-refractivity contribution in [2.45, 2.75) is 31.5 Å². The van der Waals surface area contributed by atoms with Gasteiger partial charge in [0.05, 0.1) is 13.7 Å². The van der Waals surface area contributed by atoms with E-state index in [-0.39, 0.29) is 24.2 Å². The molecule has 0 saturated carbocycles. The van der Waals surface area contributed by atoms with Crippen LogP contribution in [0.5, 0.6) is 0 Å². The third kappa shape index (κ3) is 1.87. The van der Waals surface area contributed by atoms with E-state index >= 15 is 0 Å². The van der Waals surface area contributed by atoms with Crippen LogP contribution in [-0.4, -0.2) is 47.6 Å². The predicted molar refractivity (Wildman–Crippen MR) is 83.7 cm³/mol. The molecule has 0 spiro atoms. The van der Waals surface area contributed by atoms with Crippen molar-refractivity contribution in [1.29, 1.82) is 0 Å². The number of rotatable bonds is 4. The van der Waals surface area contributed by atoms with Gasteiger partial charge in [0, 0.05) is 17.5 Å². The Bertz CT molecular complexity index is 788. The monoisotopic (exact) mass is 330 g/mol. The maximum atomic E-state index is 13.0. The fraction of sp³-hybridized carbons (Fsp3) is 0.389. The summed E-state index contributed by atoms with van der Waals surface area (Å²) in [5.74, 6) is -1.90. The molecule has 6 heteroatoms. The van der Waals surface area contributed by atoms with E-state index in [0.29, 0.717) is 5.57 Å². The molecule has 0 amide bonds. The molecular weight excluding hydrogens is 312 g/mol. The van der Waals surface area contributed by atoms with E-state index in [1.807, 2.05) is 0 Å². The normalized spacial score (nSPS) is 27.2. The fourth-order valence-corrected chi connectivity index (χ4v) is 3.33. The second-order valence-corrected chi connectivity index (χ2v) is 6.24. The Morgan fingerprint density at radius 3 is 2.25 bits per heavy atom. The number of ether oxygens (including phenoxy) is 2. The lowest BCUT2D eigenvalue weighted by Gasteiger charge is -2.24. The molecule has 1 N–H and O–H groups in total. The lowest BCUT2D eigenvalue weighted by atomic mass is 9.71. The van der Waals surface area contributed by atoms with Crippen LogP contribution in [0.1, 0.15) is 41.0 Å². The molecule has 2 atom stereocenters. The molecule has 2 aliphatic rings. The number of methoxy groups -OCH3 is 1. The van der Waals surface area contributed by atoms with E-state index in [2.05, 4.69) is 0 Å². The SMILES string of the molecule is COC(=O)C12OC1(CC(CO)=C(C)C)C(=O)c1ccccc1C2=O. The van der Waals surface area contributed by atoms with E-state index in [0.717, 1.165) is 12.7 Å². The van der Waals surface area contributed by atoms with Crippen molar-refractivity contribution in [3.63, 3.8) is 0 Å². The lowest BCUT2D eigenvalue weighted by Crippen LogP contribution is -2.50. The molecule has 126 valence electrons. The van der Waals surface area contributed by atoms with Crippen molar-refractivity contribution >= 4 is 17.5 Å². The zero-order valence-corrected chi connectivity index (χ0v) is 13.7. The molecule has 3 rings (SSSR count). The molecule has 6 nitrogen and oxygen atoms in total. The summed E-state index contributed by atoms with van der Waals surface area (Å²) in [5, 5.41) is 9.56. The Kier molecular flexibility index (Phi) is 3.69. The number of carbonyl (C=O) groups is 3. The van der Waals surface area contributed by atoms with Gasteiger partial charge in [0.1, 0.15) is 0 Å². The van der Waals surface area contributed by atoms with Crippen molar-refractivity contribution in [1.82, 2.24) is 0 Å². The second kappa shape index (κ2) is 5.36. The molecule has 1 aromatic carbocycles. The smallest absolute Gasteiger partial charge is 0.350 e. The van der Waals surface area contributed by atoms with Gasteiger partial charge in [-0.3, -0.25) is 9.59 Å². The summed E-state index contributed by atoms with van der Waals surface area (Å²) in [6.07, 6.45) is -0.0279. The number of benzene rings is 1. The number of fused-ring (bicyclic) bond motifs is 2. The van der Waals surface area contributed by atoms with Crippen LogP contribution >= 0.6 is 0 Å². The van der Waals surface area contributed by atoms with Gasteiger partial charge >= 0.3 is 5.97 Å². The summed E-state index contributed by atoms with van der Waals surface area (Å²) in [5.41, 5.74) is -1.85. The Morgan fingerprint density at radius 1 is 1.17 bits per heavy atom. The van der Waals surface area contributed by atoms with Crippen LogP contribution in [0.3, 0.4) is 0 Å². The summed E-state index contributed by atoms with van der Waals surface area (Å²) >= 11 is 0. The van der Waals surface area contributed by atoms with Crippen LogP contribution in [0.15, 0.2) is 35.4 Å². The quantitative estimate of drug-likeness (QED) is 0.389. The Hall–Kier alpha value is -2.31. The highest BCUT2D eigenvalue weighted by Gasteiger charge is 2.85. The second-order valence-electron chi connectivity index (χ2n) is 6.24.